The van der Waals surface area contributed by atoms with Gasteiger partial charge in [-0.2, -0.15) is 0 Å². The summed E-state index contributed by atoms with van der Waals surface area (Å²) in [6.07, 6.45) is 5.14. The summed E-state index contributed by atoms with van der Waals surface area (Å²) in [4.78, 5) is 16.1. The van der Waals surface area contributed by atoms with Gasteiger partial charge in [0.25, 0.3) is 0 Å². The Kier molecular flexibility index (Phi) is 6.86. The van der Waals surface area contributed by atoms with Crippen molar-refractivity contribution < 1.29 is 14.6 Å². The number of methoxy groups -OCH3 is 1. The number of carboxylic acid groups (broad SMARTS) is 1. The summed E-state index contributed by atoms with van der Waals surface area (Å²) < 4.78 is 5.14. The van der Waals surface area contributed by atoms with E-state index in [1.54, 1.807) is 7.11 Å². The highest BCUT2D eigenvalue weighted by molar-refractivity contribution is 5.75. The van der Waals surface area contributed by atoms with Gasteiger partial charge in [-0.25, -0.2) is 0 Å². The number of nitrogens with zero attached hydrogens (tertiary/aromatic N) is 2. The first-order chi connectivity index (χ1) is 11.1. The second kappa shape index (κ2) is 8.89. The van der Waals surface area contributed by atoms with Gasteiger partial charge in [0.1, 0.15) is 11.8 Å². The lowest BCUT2D eigenvalue weighted by atomic mass is 10.1. The molecule has 1 aromatic carbocycles. The third-order valence-electron chi connectivity index (χ3n) is 4.57. The van der Waals surface area contributed by atoms with Crippen molar-refractivity contribution in [2.24, 2.45) is 0 Å². The molecule has 0 amide bonds. The Labute approximate surface area is 138 Å². The maximum Gasteiger partial charge on any atom is 0.325 e. The molecule has 5 nitrogen and oxygen atoms in total. The first-order valence-corrected chi connectivity index (χ1v) is 8.41. The highest BCUT2D eigenvalue weighted by atomic mass is 16.5. The number of rotatable bonds is 7. The number of benzene rings is 1. The predicted octanol–water partition coefficient (Wildman–Crippen LogP) is 2.63. The third-order valence-corrected chi connectivity index (χ3v) is 4.57. The molecule has 1 N–H and O–H groups in total. The molecule has 1 unspecified atom stereocenters. The number of carbonyl (C=O) groups is 1. The molecule has 2 rings (SSSR count). The molecule has 0 spiro atoms. The number of ether oxygens (including phenoxy) is 1. The zero-order valence-electron chi connectivity index (χ0n) is 14.2. The van der Waals surface area contributed by atoms with E-state index in [0.717, 1.165) is 37.5 Å². The maximum atomic E-state index is 11.7. The topological polar surface area (TPSA) is 53.0 Å². The Hall–Kier alpha value is -1.59. The normalized spacial score (nSPS) is 17.7. The molecule has 5 heteroatoms. The van der Waals surface area contributed by atoms with Gasteiger partial charge in [-0.15, -0.1) is 0 Å². The largest absolute Gasteiger partial charge is 0.497 e. The first-order valence-electron chi connectivity index (χ1n) is 8.41. The summed E-state index contributed by atoms with van der Waals surface area (Å²) >= 11 is 0. The number of likely N-dealkylation sites (tertiary alicyclic amines) is 1. The SMILES string of the molecule is COc1ccc(C(C(=O)O)N(C)CCN2CCCCCC2)cc1. The van der Waals surface area contributed by atoms with Crippen LogP contribution in [0, 0.1) is 0 Å². The molecule has 0 saturated carbocycles. The van der Waals surface area contributed by atoms with Crippen LogP contribution in [0.25, 0.3) is 0 Å². The van der Waals surface area contributed by atoms with E-state index in [1.165, 1.54) is 25.7 Å². The molecule has 1 aromatic rings. The van der Waals surface area contributed by atoms with E-state index in [0.29, 0.717) is 0 Å². The van der Waals surface area contributed by atoms with Crippen LogP contribution in [-0.4, -0.2) is 61.2 Å². The minimum Gasteiger partial charge on any atom is -0.497 e. The highest BCUT2D eigenvalue weighted by Gasteiger charge is 2.25. The van der Waals surface area contributed by atoms with Gasteiger partial charge in [-0.1, -0.05) is 25.0 Å². The number of aliphatic carboxylic acids is 1. The van der Waals surface area contributed by atoms with E-state index in [4.69, 9.17) is 4.74 Å². The van der Waals surface area contributed by atoms with Gasteiger partial charge in [-0.3, -0.25) is 9.69 Å². The molecule has 0 aromatic heterocycles. The van der Waals surface area contributed by atoms with Gasteiger partial charge >= 0.3 is 5.97 Å². The van der Waals surface area contributed by atoms with Crippen molar-refractivity contribution in [3.63, 3.8) is 0 Å². The van der Waals surface area contributed by atoms with Gasteiger partial charge in [0.05, 0.1) is 7.11 Å². The van der Waals surface area contributed by atoms with Crippen LogP contribution in [-0.2, 0) is 4.79 Å². The average molecular weight is 320 g/mol. The lowest BCUT2D eigenvalue weighted by Gasteiger charge is -2.28. The van der Waals surface area contributed by atoms with E-state index in [1.807, 2.05) is 36.2 Å². The fraction of sp³-hybridized carbons (Fsp3) is 0.611. The molecule has 1 saturated heterocycles. The lowest BCUT2D eigenvalue weighted by molar-refractivity contribution is -0.143. The van der Waals surface area contributed by atoms with Crippen molar-refractivity contribution in [1.82, 2.24) is 9.80 Å². The summed E-state index contributed by atoms with van der Waals surface area (Å²) in [5, 5.41) is 9.62. The lowest BCUT2D eigenvalue weighted by Crippen LogP contribution is -2.38. The minimum atomic E-state index is -0.812. The van der Waals surface area contributed by atoms with Crippen LogP contribution in [0.5, 0.6) is 5.75 Å². The quantitative estimate of drug-likeness (QED) is 0.837. The van der Waals surface area contributed by atoms with Crippen LogP contribution in [0.2, 0.25) is 0 Å². The van der Waals surface area contributed by atoms with E-state index in [9.17, 15) is 9.90 Å². The van der Waals surface area contributed by atoms with Crippen LogP contribution in [0.4, 0.5) is 0 Å². The Morgan fingerprint density at radius 3 is 2.35 bits per heavy atom. The number of carboxylic acids is 1. The van der Waals surface area contributed by atoms with Crippen LogP contribution >= 0.6 is 0 Å². The monoisotopic (exact) mass is 320 g/mol. The molecule has 1 aliphatic heterocycles. The Bertz CT molecular complexity index is 482. The van der Waals surface area contributed by atoms with Crippen molar-refractivity contribution >= 4 is 5.97 Å². The molecule has 128 valence electrons. The van der Waals surface area contributed by atoms with Gasteiger partial charge in [0.2, 0.25) is 0 Å². The first kappa shape index (κ1) is 17.8. The predicted molar refractivity (Wildman–Crippen MR) is 90.9 cm³/mol. The Morgan fingerprint density at radius 2 is 1.83 bits per heavy atom. The molecule has 0 bridgehead atoms. The third kappa shape index (κ3) is 5.22. The molecule has 1 fully saturated rings. The molecular weight excluding hydrogens is 292 g/mol. The number of hydrogen-bond acceptors (Lipinski definition) is 4. The molecule has 1 heterocycles. The van der Waals surface area contributed by atoms with Crippen molar-refractivity contribution in [3.05, 3.63) is 29.8 Å². The van der Waals surface area contributed by atoms with Gasteiger partial charge in [-0.05, 0) is 50.7 Å². The second-order valence-corrected chi connectivity index (χ2v) is 6.25. The standard InChI is InChI=1S/C18H28N2O3/c1-19(13-14-20-11-5-3-4-6-12-20)17(18(21)22)15-7-9-16(23-2)10-8-15/h7-10,17H,3-6,11-14H2,1-2H3,(H,21,22). The van der Waals surface area contributed by atoms with Crippen LogP contribution in [0.15, 0.2) is 24.3 Å². The van der Waals surface area contributed by atoms with Crippen LogP contribution in [0.1, 0.15) is 37.3 Å². The van der Waals surface area contributed by atoms with Crippen molar-refractivity contribution in [1.29, 1.82) is 0 Å². The van der Waals surface area contributed by atoms with Gasteiger partial charge < -0.3 is 14.7 Å². The summed E-state index contributed by atoms with van der Waals surface area (Å²) in [7, 11) is 3.50. The maximum absolute atomic E-state index is 11.7. The van der Waals surface area contributed by atoms with E-state index < -0.39 is 12.0 Å². The molecule has 1 aliphatic rings. The summed E-state index contributed by atoms with van der Waals surface area (Å²) in [6.45, 7) is 3.95. The van der Waals surface area contributed by atoms with Crippen LogP contribution < -0.4 is 4.74 Å². The smallest absolute Gasteiger partial charge is 0.325 e. The minimum absolute atomic E-state index is 0.618. The molecule has 0 radical (unpaired) electrons. The average Bonchev–Trinajstić information content (AvgIpc) is 2.82. The zero-order valence-corrected chi connectivity index (χ0v) is 14.2. The fourth-order valence-corrected chi connectivity index (χ4v) is 3.16. The summed E-state index contributed by atoms with van der Waals surface area (Å²) in [5.41, 5.74) is 0.789. The van der Waals surface area contributed by atoms with Gasteiger partial charge in [0.15, 0.2) is 0 Å². The fourth-order valence-electron chi connectivity index (χ4n) is 3.16. The summed E-state index contributed by atoms with van der Waals surface area (Å²) in [5.74, 6) is -0.0707. The molecule has 23 heavy (non-hydrogen) atoms. The Morgan fingerprint density at radius 1 is 1.22 bits per heavy atom. The molecule has 1 atom stereocenters. The second-order valence-electron chi connectivity index (χ2n) is 6.25. The van der Waals surface area contributed by atoms with E-state index in [-0.39, 0.29) is 0 Å². The highest BCUT2D eigenvalue weighted by Crippen LogP contribution is 2.22. The van der Waals surface area contributed by atoms with Gasteiger partial charge in [0, 0.05) is 13.1 Å². The number of hydrogen-bond donors (Lipinski definition) is 1. The summed E-state index contributed by atoms with van der Waals surface area (Å²) in [6, 6.07) is 6.68. The van der Waals surface area contributed by atoms with E-state index >= 15 is 0 Å². The van der Waals surface area contributed by atoms with Crippen molar-refractivity contribution in [3.8, 4) is 5.75 Å². The van der Waals surface area contributed by atoms with Crippen molar-refractivity contribution in [2.75, 3.05) is 40.3 Å². The molecular formula is C18H28N2O3. The van der Waals surface area contributed by atoms with E-state index in [2.05, 4.69) is 4.90 Å². The zero-order chi connectivity index (χ0) is 16.7. The van der Waals surface area contributed by atoms with Crippen molar-refractivity contribution in [2.45, 2.75) is 31.7 Å². The Balaban J connectivity index is 1.97. The van der Waals surface area contributed by atoms with Crippen LogP contribution in [0.3, 0.4) is 0 Å². The molecule has 0 aliphatic carbocycles. The number of likely N-dealkylation sites (N-methyl/N-ethyl adjacent to an activating group) is 1.